The molecular weight excluding hydrogens is 336 g/mol. The van der Waals surface area contributed by atoms with Crippen LogP contribution >= 0.6 is 0 Å². The lowest BCUT2D eigenvalue weighted by Gasteiger charge is -2.36. The lowest BCUT2D eigenvalue weighted by atomic mass is 9.95. The van der Waals surface area contributed by atoms with Crippen LogP contribution in [0.15, 0.2) is 24.3 Å². The van der Waals surface area contributed by atoms with Crippen molar-refractivity contribution in [3.05, 3.63) is 30.1 Å². The lowest BCUT2D eigenvalue weighted by molar-refractivity contribution is -0.139. The van der Waals surface area contributed by atoms with E-state index in [2.05, 4.69) is 60.3 Å². The molecule has 0 bridgehead atoms. The molecule has 2 aromatic rings. The molecule has 1 saturated heterocycles. The molecule has 1 aliphatic heterocycles. The van der Waals surface area contributed by atoms with Gasteiger partial charge < -0.3 is 9.47 Å². The van der Waals surface area contributed by atoms with E-state index in [4.69, 9.17) is 4.98 Å². The Morgan fingerprint density at radius 2 is 2.07 bits per heavy atom. The number of amides is 1. The summed E-state index contributed by atoms with van der Waals surface area (Å²) < 4.78 is 2.30. The van der Waals surface area contributed by atoms with Crippen molar-refractivity contribution in [3.63, 3.8) is 0 Å². The number of hydrogen-bond acceptors (Lipinski definition) is 3. The first-order valence-corrected chi connectivity index (χ1v) is 10.5. The van der Waals surface area contributed by atoms with Gasteiger partial charge in [-0.3, -0.25) is 9.69 Å². The van der Waals surface area contributed by atoms with E-state index in [9.17, 15) is 4.79 Å². The topological polar surface area (TPSA) is 41.4 Å². The molecule has 148 valence electrons. The number of imidazole rings is 1. The Bertz CT molecular complexity index is 767. The van der Waals surface area contributed by atoms with Gasteiger partial charge in [0.2, 0.25) is 5.91 Å². The third kappa shape index (κ3) is 4.34. The van der Waals surface area contributed by atoms with Gasteiger partial charge in [-0.1, -0.05) is 19.1 Å². The molecule has 1 amide bonds. The summed E-state index contributed by atoms with van der Waals surface area (Å²) in [4.78, 5) is 22.4. The number of aromatic nitrogens is 2. The minimum absolute atomic E-state index is 0.118. The van der Waals surface area contributed by atoms with E-state index in [0.29, 0.717) is 5.91 Å². The van der Waals surface area contributed by atoms with Gasteiger partial charge in [-0.05, 0) is 58.7 Å². The Balaban J connectivity index is 1.72. The molecule has 2 heterocycles. The summed E-state index contributed by atoms with van der Waals surface area (Å²) >= 11 is 0. The van der Waals surface area contributed by atoms with Crippen LogP contribution in [0, 0.1) is 5.92 Å². The van der Waals surface area contributed by atoms with Crippen LogP contribution in [0.1, 0.15) is 52.8 Å². The number of carbonyl (C=O) groups is 1. The summed E-state index contributed by atoms with van der Waals surface area (Å²) in [5.41, 5.74) is 2.27. The molecule has 3 rings (SSSR count). The van der Waals surface area contributed by atoms with Gasteiger partial charge in [0.15, 0.2) is 0 Å². The molecular formula is C22H34N4O. The minimum atomic E-state index is 0.118. The number of fused-ring (bicyclic) bond motifs is 1. The maximum absolute atomic E-state index is 13.1. The molecule has 5 heteroatoms. The number of carbonyl (C=O) groups excluding carboxylic acids is 1. The van der Waals surface area contributed by atoms with Crippen molar-refractivity contribution >= 4 is 16.9 Å². The second-order valence-corrected chi connectivity index (χ2v) is 7.96. The second-order valence-electron chi connectivity index (χ2n) is 7.96. The average Bonchev–Trinajstić information content (AvgIpc) is 3.02. The van der Waals surface area contributed by atoms with E-state index in [-0.39, 0.29) is 12.0 Å². The molecule has 5 nitrogen and oxygen atoms in total. The Kier molecular flexibility index (Phi) is 6.53. The van der Waals surface area contributed by atoms with Crippen LogP contribution in [0.3, 0.4) is 0 Å². The normalized spacial score (nSPS) is 18.3. The zero-order valence-electron chi connectivity index (χ0n) is 17.3. The van der Waals surface area contributed by atoms with Gasteiger partial charge in [-0.15, -0.1) is 0 Å². The van der Waals surface area contributed by atoms with Gasteiger partial charge in [0.25, 0.3) is 0 Å². The molecule has 0 unspecified atom stereocenters. The van der Waals surface area contributed by atoms with E-state index >= 15 is 0 Å². The number of para-hydroxylation sites is 2. The lowest BCUT2D eigenvalue weighted by Crippen LogP contribution is -2.47. The number of benzene rings is 1. The highest BCUT2D eigenvalue weighted by atomic mass is 16.2. The quantitative estimate of drug-likeness (QED) is 0.742. The van der Waals surface area contributed by atoms with Crippen LogP contribution in [-0.4, -0.2) is 50.9 Å². The largest absolute Gasteiger partial charge is 0.340 e. The van der Waals surface area contributed by atoms with Crippen LogP contribution < -0.4 is 0 Å². The summed E-state index contributed by atoms with van der Waals surface area (Å²) in [6.07, 6.45) is 3.11. The Labute approximate surface area is 163 Å². The Morgan fingerprint density at radius 3 is 2.78 bits per heavy atom. The van der Waals surface area contributed by atoms with Crippen molar-refractivity contribution < 1.29 is 4.79 Å². The summed E-state index contributed by atoms with van der Waals surface area (Å²) in [6.45, 7) is 13.1. The fourth-order valence-electron chi connectivity index (χ4n) is 4.30. The van der Waals surface area contributed by atoms with Gasteiger partial charge in [-0.2, -0.15) is 0 Å². The molecule has 1 fully saturated rings. The zero-order valence-corrected chi connectivity index (χ0v) is 17.3. The summed E-state index contributed by atoms with van der Waals surface area (Å²) in [6, 6.07) is 8.62. The molecule has 0 N–H and O–H groups in total. The molecule has 27 heavy (non-hydrogen) atoms. The first-order chi connectivity index (χ1) is 13.0. The molecule has 1 aliphatic rings. The number of hydrogen-bond donors (Lipinski definition) is 0. The number of aryl methyl sites for hydroxylation is 1. The first kappa shape index (κ1) is 19.9. The van der Waals surface area contributed by atoms with Crippen molar-refractivity contribution in [3.8, 4) is 0 Å². The highest BCUT2D eigenvalue weighted by molar-refractivity contribution is 5.79. The van der Waals surface area contributed by atoms with Crippen molar-refractivity contribution in [1.82, 2.24) is 19.4 Å². The van der Waals surface area contributed by atoms with E-state index in [1.54, 1.807) is 0 Å². The van der Waals surface area contributed by atoms with E-state index in [0.717, 1.165) is 63.3 Å². The van der Waals surface area contributed by atoms with Gasteiger partial charge in [0.1, 0.15) is 5.82 Å². The Morgan fingerprint density at radius 1 is 1.30 bits per heavy atom. The van der Waals surface area contributed by atoms with Crippen LogP contribution in [0.4, 0.5) is 0 Å². The third-order valence-electron chi connectivity index (χ3n) is 5.64. The summed E-state index contributed by atoms with van der Waals surface area (Å²) in [7, 11) is 0. The predicted molar refractivity (Wildman–Crippen MR) is 111 cm³/mol. The summed E-state index contributed by atoms with van der Waals surface area (Å²) in [5, 5.41) is 0. The van der Waals surface area contributed by atoms with Crippen LogP contribution in [0.5, 0.6) is 0 Å². The number of likely N-dealkylation sites (tertiary alicyclic amines) is 1. The van der Waals surface area contributed by atoms with Crippen LogP contribution in [-0.2, 0) is 17.9 Å². The molecule has 0 spiro atoms. The first-order valence-electron chi connectivity index (χ1n) is 10.5. The van der Waals surface area contributed by atoms with Crippen LogP contribution in [0.25, 0.3) is 11.0 Å². The molecule has 1 aromatic heterocycles. The van der Waals surface area contributed by atoms with Crippen LogP contribution in [0.2, 0.25) is 0 Å². The standard InChI is InChI=1S/C22H34N4O/c1-5-13-26(17(3)4)22(27)18-10-9-14-24(15-18)16-21-23-19-11-7-8-12-20(19)25(21)6-2/h7-8,11-12,17-18H,5-6,9-10,13-16H2,1-4H3/t18-/m1/s1. The van der Waals surface area contributed by atoms with E-state index in [1.807, 2.05) is 6.07 Å². The maximum Gasteiger partial charge on any atom is 0.227 e. The minimum Gasteiger partial charge on any atom is -0.340 e. The zero-order chi connectivity index (χ0) is 19.4. The van der Waals surface area contributed by atoms with Gasteiger partial charge in [0, 0.05) is 25.7 Å². The van der Waals surface area contributed by atoms with Crippen molar-refractivity contribution in [1.29, 1.82) is 0 Å². The number of piperidine rings is 1. The van der Waals surface area contributed by atoms with E-state index < -0.39 is 0 Å². The number of rotatable bonds is 7. The van der Waals surface area contributed by atoms with E-state index in [1.165, 1.54) is 5.52 Å². The molecule has 0 aliphatic carbocycles. The molecule has 1 atom stereocenters. The third-order valence-corrected chi connectivity index (χ3v) is 5.64. The predicted octanol–water partition coefficient (Wildman–Crippen LogP) is 3.92. The van der Waals surface area contributed by atoms with Gasteiger partial charge in [0.05, 0.1) is 23.5 Å². The fraction of sp³-hybridized carbons (Fsp3) is 0.636. The maximum atomic E-state index is 13.1. The molecule has 1 aromatic carbocycles. The smallest absolute Gasteiger partial charge is 0.227 e. The fourth-order valence-corrected chi connectivity index (χ4v) is 4.30. The molecule has 0 saturated carbocycles. The van der Waals surface area contributed by atoms with Crippen molar-refractivity contribution in [2.24, 2.45) is 5.92 Å². The molecule has 0 radical (unpaired) electrons. The monoisotopic (exact) mass is 370 g/mol. The highest BCUT2D eigenvalue weighted by Gasteiger charge is 2.30. The average molecular weight is 371 g/mol. The van der Waals surface area contributed by atoms with Gasteiger partial charge >= 0.3 is 0 Å². The van der Waals surface area contributed by atoms with Gasteiger partial charge in [-0.25, -0.2) is 4.98 Å². The van der Waals surface area contributed by atoms with Crippen molar-refractivity contribution in [2.75, 3.05) is 19.6 Å². The Hall–Kier alpha value is -1.88. The van der Waals surface area contributed by atoms with Crippen molar-refractivity contribution in [2.45, 2.75) is 66.1 Å². The SMILES string of the molecule is CCCN(C(=O)[C@@H]1CCCN(Cc2nc3ccccc3n2CC)C1)C(C)C. The summed E-state index contributed by atoms with van der Waals surface area (Å²) in [5.74, 6) is 1.56. The second kappa shape index (κ2) is 8.87. The highest BCUT2D eigenvalue weighted by Crippen LogP contribution is 2.23. The number of nitrogens with zero attached hydrogens (tertiary/aromatic N) is 4.